The second kappa shape index (κ2) is 3.83. The Kier molecular flexibility index (Phi) is 2.77. The van der Waals surface area contributed by atoms with Crippen LogP contribution in [0, 0.1) is 0 Å². The highest BCUT2D eigenvalue weighted by molar-refractivity contribution is 5.60. The van der Waals surface area contributed by atoms with Crippen molar-refractivity contribution in [2.24, 2.45) is 0 Å². The summed E-state index contributed by atoms with van der Waals surface area (Å²) in [6.45, 7) is 7.22. The van der Waals surface area contributed by atoms with Crippen molar-refractivity contribution in [3.8, 4) is 0 Å². The smallest absolute Gasteiger partial charge is 0.0853 e. The van der Waals surface area contributed by atoms with Crippen molar-refractivity contribution in [2.45, 2.75) is 6.61 Å². The molecular formula is C10H11NO. The van der Waals surface area contributed by atoms with Crippen LogP contribution in [0.5, 0.6) is 0 Å². The lowest BCUT2D eigenvalue weighted by Crippen LogP contribution is -1.93. The Hall–Kier alpha value is -1.41. The minimum Gasteiger partial charge on any atom is -0.390 e. The summed E-state index contributed by atoms with van der Waals surface area (Å²) in [5.74, 6) is 0. The van der Waals surface area contributed by atoms with Gasteiger partial charge in [0.05, 0.1) is 18.0 Å². The van der Waals surface area contributed by atoms with Gasteiger partial charge >= 0.3 is 0 Å². The van der Waals surface area contributed by atoms with Crippen LogP contribution in [0.2, 0.25) is 0 Å². The van der Waals surface area contributed by atoms with Gasteiger partial charge in [-0.2, -0.15) is 0 Å². The van der Waals surface area contributed by atoms with E-state index in [9.17, 15) is 0 Å². The third-order valence-electron chi connectivity index (χ3n) is 1.59. The van der Waals surface area contributed by atoms with Crippen molar-refractivity contribution in [3.63, 3.8) is 0 Å². The van der Waals surface area contributed by atoms with Crippen molar-refractivity contribution in [2.75, 3.05) is 0 Å². The van der Waals surface area contributed by atoms with E-state index in [0.717, 1.165) is 11.3 Å². The molecule has 12 heavy (non-hydrogen) atoms. The summed E-state index contributed by atoms with van der Waals surface area (Å²) in [5, 5.41) is 8.80. The molecule has 0 aromatic carbocycles. The van der Waals surface area contributed by atoms with E-state index >= 15 is 0 Å². The fourth-order valence-electron chi connectivity index (χ4n) is 0.952. The third kappa shape index (κ3) is 1.60. The predicted molar refractivity (Wildman–Crippen MR) is 50.3 cm³/mol. The Balaban J connectivity index is 3.18. The zero-order valence-corrected chi connectivity index (χ0v) is 6.83. The van der Waals surface area contributed by atoms with Crippen LogP contribution < -0.4 is 0 Å². The zero-order chi connectivity index (χ0) is 8.97. The monoisotopic (exact) mass is 161 g/mol. The molecule has 0 fully saturated rings. The first kappa shape index (κ1) is 8.68. The molecule has 1 N–H and O–H groups in total. The average Bonchev–Trinajstić information content (AvgIpc) is 2.16. The first-order valence-electron chi connectivity index (χ1n) is 3.67. The van der Waals surface area contributed by atoms with E-state index in [2.05, 4.69) is 18.1 Å². The lowest BCUT2D eigenvalue weighted by molar-refractivity contribution is 0.277. The van der Waals surface area contributed by atoms with Crippen LogP contribution >= 0.6 is 0 Å². The molecule has 0 saturated carbocycles. The number of pyridine rings is 1. The summed E-state index contributed by atoms with van der Waals surface area (Å²) in [6, 6.07) is 3.63. The summed E-state index contributed by atoms with van der Waals surface area (Å²) in [7, 11) is 0. The summed E-state index contributed by atoms with van der Waals surface area (Å²) >= 11 is 0. The van der Waals surface area contributed by atoms with Gasteiger partial charge < -0.3 is 5.11 Å². The Morgan fingerprint density at radius 3 is 2.58 bits per heavy atom. The minimum absolute atomic E-state index is 0.0434. The number of aliphatic hydroxyl groups is 1. The lowest BCUT2D eigenvalue weighted by Gasteiger charge is -2.01. The van der Waals surface area contributed by atoms with Gasteiger partial charge in [-0.05, 0) is 17.7 Å². The van der Waals surface area contributed by atoms with E-state index in [1.54, 1.807) is 18.2 Å². The van der Waals surface area contributed by atoms with E-state index in [4.69, 9.17) is 5.11 Å². The highest BCUT2D eigenvalue weighted by atomic mass is 16.3. The molecule has 2 heteroatoms. The van der Waals surface area contributed by atoms with Crippen molar-refractivity contribution in [3.05, 3.63) is 42.2 Å². The van der Waals surface area contributed by atoms with E-state index in [-0.39, 0.29) is 6.61 Å². The molecule has 0 aliphatic heterocycles. The summed E-state index contributed by atoms with van der Waals surface area (Å²) in [4.78, 5) is 4.14. The number of aromatic nitrogens is 1. The number of rotatable bonds is 3. The Labute approximate surface area is 71.9 Å². The second-order valence-corrected chi connectivity index (χ2v) is 2.34. The molecule has 1 heterocycles. The fourth-order valence-corrected chi connectivity index (χ4v) is 0.952. The molecule has 0 amide bonds. The van der Waals surface area contributed by atoms with Crippen LogP contribution in [0.25, 0.3) is 12.2 Å². The normalized spacial score (nSPS) is 9.42. The molecule has 1 aromatic heterocycles. The highest BCUT2D eigenvalue weighted by Gasteiger charge is 1.98. The Bertz CT molecular complexity index is 305. The van der Waals surface area contributed by atoms with Crippen LogP contribution in [-0.4, -0.2) is 10.1 Å². The summed E-state index contributed by atoms with van der Waals surface area (Å²) in [6.07, 6.45) is 3.36. The Morgan fingerprint density at radius 2 is 2.08 bits per heavy atom. The SMILES string of the molecule is C=Cc1ccc(CO)nc1C=C. The van der Waals surface area contributed by atoms with Crippen LogP contribution in [0.3, 0.4) is 0 Å². The van der Waals surface area contributed by atoms with Crippen molar-refractivity contribution >= 4 is 12.2 Å². The Morgan fingerprint density at radius 1 is 1.33 bits per heavy atom. The van der Waals surface area contributed by atoms with Gasteiger partial charge in [0.15, 0.2) is 0 Å². The van der Waals surface area contributed by atoms with E-state index in [0.29, 0.717) is 5.69 Å². The van der Waals surface area contributed by atoms with Crippen LogP contribution in [0.4, 0.5) is 0 Å². The molecule has 1 aromatic rings. The van der Waals surface area contributed by atoms with Gasteiger partial charge in [-0.1, -0.05) is 25.3 Å². The molecule has 0 bridgehead atoms. The van der Waals surface area contributed by atoms with E-state index < -0.39 is 0 Å². The molecule has 0 saturated heterocycles. The first-order valence-corrected chi connectivity index (χ1v) is 3.67. The van der Waals surface area contributed by atoms with Gasteiger partial charge in [-0.3, -0.25) is 4.98 Å². The fraction of sp³-hybridized carbons (Fsp3) is 0.100. The molecule has 62 valence electrons. The standard InChI is InChI=1S/C10H11NO/c1-3-8-5-6-9(7-12)11-10(8)4-2/h3-6,12H,1-2,7H2. The van der Waals surface area contributed by atoms with Crippen LogP contribution in [0.1, 0.15) is 17.0 Å². The van der Waals surface area contributed by atoms with E-state index in [1.165, 1.54) is 0 Å². The van der Waals surface area contributed by atoms with E-state index in [1.807, 2.05) is 6.07 Å². The molecular weight excluding hydrogens is 150 g/mol. The van der Waals surface area contributed by atoms with Gasteiger partial charge in [0, 0.05) is 0 Å². The van der Waals surface area contributed by atoms with Crippen molar-refractivity contribution in [1.29, 1.82) is 0 Å². The number of aliphatic hydroxyl groups excluding tert-OH is 1. The molecule has 0 aliphatic carbocycles. The molecule has 0 atom stereocenters. The van der Waals surface area contributed by atoms with Crippen LogP contribution in [-0.2, 0) is 6.61 Å². The topological polar surface area (TPSA) is 33.1 Å². The lowest BCUT2D eigenvalue weighted by atomic mass is 10.1. The van der Waals surface area contributed by atoms with Crippen molar-refractivity contribution in [1.82, 2.24) is 4.98 Å². The minimum atomic E-state index is -0.0434. The summed E-state index contributed by atoms with van der Waals surface area (Å²) < 4.78 is 0. The molecule has 0 spiro atoms. The number of hydrogen-bond donors (Lipinski definition) is 1. The second-order valence-electron chi connectivity index (χ2n) is 2.34. The molecule has 1 rings (SSSR count). The third-order valence-corrected chi connectivity index (χ3v) is 1.59. The molecule has 0 unspecified atom stereocenters. The maximum Gasteiger partial charge on any atom is 0.0853 e. The molecule has 2 nitrogen and oxygen atoms in total. The van der Waals surface area contributed by atoms with Crippen molar-refractivity contribution < 1.29 is 5.11 Å². The quantitative estimate of drug-likeness (QED) is 0.734. The zero-order valence-electron chi connectivity index (χ0n) is 6.83. The predicted octanol–water partition coefficient (Wildman–Crippen LogP) is 1.86. The molecule has 0 radical (unpaired) electrons. The van der Waals surface area contributed by atoms with Crippen LogP contribution in [0.15, 0.2) is 25.3 Å². The van der Waals surface area contributed by atoms with Gasteiger partial charge in [0.25, 0.3) is 0 Å². The number of nitrogens with zero attached hydrogens (tertiary/aromatic N) is 1. The average molecular weight is 161 g/mol. The number of hydrogen-bond acceptors (Lipinski definition) is 2. The van der Waals surface area contributed by atoms with Gasteiger partial charge in [-0.25, -0.2) is 0 Å². The van der Waals surface area contributed by atoms with Gasteiger partial charge in [0.1, 0.15) is 0 Å². The van der Waals surface area contributed by atoms with Gasteiger partial charge in [-0.15, -0.1) is 0 Å². The first-order chi connectivity index (χ1) is 5.81. The maximum absolute atomic E-state index is 8.80. The van der Waals surface area contributed by atoms with Gasteiger partial charge in [0.2, 0.25) is 0 Å². The highest BCUT2D eigenvalue weighted by Crippen LogP contribution is 2.10. The largest absolute Gasteiger partial charge is 0.390 e. The summed E-state index contributed by atoms with van der Waals surface area (Å²) in [5.41, 5.74) is 2.34. The molecule has 0 aliphatic rings. The maximum atomic E-state index is 8.80.